The molecule has 140 valence electrons. The molecule has 0 aliphatic carbocycles. The monoisotopic (exact) mass is 466 g/mol. The van der Waals surface area contributed by atoms with Gasteiger partial charge in [0.05, 0.1) is 6.54 Å². The molecule has 0 radical (unpaired) electrons. The number of hydrogen-bond acceptors (Lipinski definition) is 2. The highest BCUT2D eigenvalue weighted by Crippen LogP contribution is 2.20. The molecule has 0 bridgehead atoms. The molecule has 2 rings (SSSR count). The topological polar surface area (TPSA) is 79.5 Å². The first kappa shape index (κ1) is 22.0. The van der Waals surface area contributed by atoms with Crippen LogP contribution in [0.5, 0.6) is 0 Å². The van der Waals surface area contributed by atoms with Gasteiger partial charge >= 0.3 is 0 Å². The summed E-state index contributed by atoms with van der Waals surface area (Å²) in [5.41, 5.74) is 9.73. The molecule has 4 N–H and O–H groups in total. The summed E-state index contributed by atoms with van der Waals surface area (Å²) in [5.74, 6) is 0.785. The number of rotatable bonds is 6. The number of carbonyl (C=O) groups excluding carboxylic acids is 1. The number of nitrogens with two attached hydrogens (primary N) is 1. The van der Waals surface area contributed by atoms with E-state index in [2.05, 4.69) is 41.6 Å². The lowest BCUT2D eigenvalue weighted by Gasteiger charge is -2.11. The molecule has 2 aromatic carbocycles. The van der Waals surface area contributed by atoms with Gasteiger partial charge in [-0.2, -0.15) is 0 Å². The zero-order valence-electron chi connectivity index (χ0n) is 15.5. The van der Waals surface area contributed by atoms with Crippen LogP contribution in [-0.2, 0) is 6.54 Å². The van der Waals surface area contributed by atoms with Gasteiger partial charge in [0, 0.05) is 18.3 Å². The maximum Gasteiger partial charge on any atom is 0.251 e. The molecule has 0 heterocycles. The molecule has 0 aliphatic rings. The van der Waals surface area contributed by atoms with Crippen molar-refractivity contribution in [2.45, 2.75) is 32.7 Å². The Morgan fingerprint density at radius 2 is 1.88 bits per heavy atom. The van der Waals surface area contributed by atoms with Crippen molar-refractivity contribution in [2.24, 2.45) is 10.7 Å². The Kier molecular flexibility index (Phi) is 9.12. The van der Waals surface area contributed by atoms with Crippen molar-refractivity contribution < 1.29 is 4.79 Å². The van der Waals surface area contributed by atoms with E-state index in [0.29, 0.717) is 24.0 Å². The van der Waals surface area contributed by atoms with Gasteiger partial charge in [-0.3, -0.25) is 4.79 Å². The predicted octanol–water partition coefficient (Wildman–Crippen LogP) is 4.10. The Hall–Kier alpha value is -2.09. The molecule has 0 saturated carbocycles. The second-order valence-electron chi connectivity index (χ2n) is 6.04. The SMILES string of the molecule is CCC(C)c1ccc(NC(N)=NCc2cccc(C(=O)NC)c2)cc1.I. The van der Waals surface area contributed by atoms with E-state index in [-0.39, 0.29) is 29.9 Å². The summed E-state index contributed by atoms with van der Waals surface area (Å²) in [6, 6.07) is 15.6. The average molecular weight is 466 g/mol. The van der Waals surface area contributed by atoms with Crippen LogP contribution in [0.2, 0.25) is 0 Å². The summed E-state index contributed by atoms with van der Waals surface area (Å²) < 4.78 is 0. The van der Waals surface area contributed by atoms with Crippen molar-refractivity contribution in [1.29, 1.82) is 0 Å². The maximum atomic E-state index is 11.7. The molecule has 1 amide bonds. The van der Waals surface area contributed by atoms with E-state index >= 15 is 0 Å². The molecule has 0 aliphatic heterocycles. The molecule has 2 aromatic rings. The minimum absolute atomic E-state index is 0. The third-order valence-corrected chi connectivity index (χ3v) is 4.21. The minimum atomic E-state index is -0.113. The van der Waals surface area contributed by atoms with Gasteiger partial charge in [-0.15, -0.1) is 24.0 Å². The van der Waals surface area contributed by atoms with Gasteiger partial charge in [-0.25, -0.2) is 4.99 Å². The second kappa shape index (κ2) is 10.8. The van der Waals surface area contributed by atoms with E-state index in [1.54, 1.807) is 13.1 Å². The van der Waals surface area contributed by atoms with Gasteiger partial charge in [-0.05, 0) is 47.7 Å². The Bertz CT molecular complexity index is 744. The molecule has 0 aromatic heterocycles. The van der Waals surface area contributed by atoms with Crippen molar-refractivity contribution in [3.05, 3.63) is 65.2 Å². The van der Waals surface area contributed by atoms with Gasteiger partial charge in [0.25, 0.3) is 5.91 Å². The lowest BCUT2D eigenvalue weighted by atomic mass is 9.99. The van der Waals surface area contributed by atoms with Gasteiger partial charge < -0.3 is 16.4 Å². The number of benzene rings is 2. The molecular formula is C20H27IN4O. The van der Waals surface area contributed by atoms with E-state index < -0.39 is 0 Å². The number of anilines is 1. The second-order valence-corrected chi connectivity index (χ2v) is 6.04. The molecule has 6 heteroatoms. The molecule has 0 spiro atoms. The van der Waals surface area contributed by atoms with Crippen LogP contribution in [0.25, 0.3) is 0 Å². The van der Waals surface area contributed by atoms with Crippen molar-refractivity contribution >= 4 is 41.5 Å². The number of carbonyl (C=O) groups is 1. The fraction of sp³-hybridized carbons (Fsp3) is 0.300. The summed E-state index contributed by atoms with van der Waals surface area (Å²) in [5, 5.41) is 5.70. The van der Waals surface area contributed by atoms with E-state index in [1.807, 2.05) is 30.3 Å². The predicted molar refractivity (Wildman–Crippen MR) is 119 cm³/mol. The van der Waals surface area contributed by atoms with E-state index in [4.69, 9.17) is 5.73 Å². The largest absolute Gasteiger partial charge is 0.370 e. The summed E-state index contributed by atoms with van der Waals surface area (Å²) in [6.45, 7) is 4.81. The summed E-state index contributed by atoms with van der Waals surface area (Å²) in [6.07, 6.45) is 1.12. The van der Waals surface area contributed by atoms with Crippen LogP contribution in [0.1, 0.15) is 47.7 Å². The van der Waals surface area contributed by atoms with Crippen LogP contribution in [0, 0.1) is 0 Å². The van der Waals surface area contributed by atoms with Crippen molar-refractivity contribution in [3.63, 3.8) is 0 Å². The molecule has 1 unspecified atom stereocenters. The van der Waals surface area contributed by atoms with Crippen LogP contribution < -0.4 is 16.4 Å². The first-order valence-electron chi connectivity index (χ1n) is 8.51. The lowest BCUT2D eigenvalue weighted by Crippen LogP contribution is -2.22. The van der Waals surface area contributed by atoms with Crippen molar-refractivity contribution in [3.8, 4) is 0 Å². The van der Waals surface area contributed by atoms with Gasteiger partial charge in [-0.1, -0.05) is 38.1 Å². The highest BCUT2D eigenvalue weighted by atomic mass is 127. The average Bonchev–Trinajstić information content (AvgIpc) is 2.66. The van der Waals surface area contributed by atoms with Gasteiger partial charge in [0.2, 0.25) is 0 Å². The molecule has 0 fully saturated rings. The molecule has 0 saturated heterocycles. The highest BCUT2D eigenvalue weighted by Gasteiger charge is 2.04. The number of nitrogens with one attached hydrogen (secondary N) is 2. The smallest absolute Gasteiger partial charge is 0.251 e. The van der Waals surface area contributed by atoms with Crippen molar-refractivity contribution in [2.75, 3.05) is 12.4 Å². The first-order chi connectivity index (χ1) is 12.0. The third-order valence-electron chi connectivity index (χ3n) is 4.21. The summed E-state index contributed by atoms with van der Waals surface area (Å²) in [4.78, 5) is 16.0. The van der Waals surface area contributed by atoms with Crippen LogP contribution in [0.3, 0.4) is 0 Å². The molecule has 5 nitrogen and oxygen atoms in total. The highest BCUT2D eigenvalue weighted by molar-refractivity contribution is 14.0. The van der Waals surface area contributed by atoms with Crippen LogP contribution >= 0.6 is 24.0 Å². The lowest BCUT2D eigenvalue weighted by molar-refractivity contribution is 0.0963. The summed E-state index contributed by atoms with van der Waals surface area (Å²) >= 11 is 0. The van der Waals surface area contributed by atoms with Crippen LogP contribution in [0.4, 0.5) is 5.69 Å². The van der Waals surface area contributed by atoms with Crippen LogP contribution in [-0.4, -0.2) is 18.9 Å². The Labute approximate surface area is 172 Å². The van der Waals surface area contributed by atoms with E-state index in [0.717, 1.165) is 17.7 Å². The van der Waals surface area contributed by atoms with Crippen molar-refractivity contribution in [1.82, 2.24) is 5.32 Å². The van der Waals surface area contributed by atoms with Crippen LogP contribution in [0.15, 0.2) is 53.5 Å². The normalized spacial score (nSPS) is 12.0. The Balaban J connectivity index is 0.00000338. The molecular weight excluding hydrogens is 439 g/mol. The fourth-order valence-electron chi connectivity index (χ4n) is 2.45. The van der Waals surface area contributed by atoms with E-state index in [1.165, 1.54) is 5.56 Å². The third kappa shape index (κ3) is 6.33. The zero-order valence-corrected chi connectivity index (χ0v) is 17.8. The number of amides is 1. The number of aliphatic imine (C=N–C) groups is 1. The number of halogens is 1. The molecule has 26 heavy (non-hydrogen) atoms. The van der Waals surface area contributed by atoms with E-state index in [9.17, 15) is 4.79 Å². The minimum Gasteiger partial charge on any atom is -0.370 e. The van der Waals surface area contributed by atoms with Gasteiger partial charge in [0.15, 0.2) is 5.96 Å². The zero-order chi connectivity index (χ0) is 18.2. The summed E-state index contributed by atoms with van der Waals surface area (Å²) in [7, 11) is 1.61. The maximum absolute atomic E-state index is 11.7. The quantitative estimate of drug-likeness (QED) is 0.341. The number of hydrogen-bond donors (Lipinski definition) is 3. The number of guanidine groups is 1. The number of nitrogens with zero attached hydrogens (tertiary/aromatic N) is 1. The Morgan fingerprint density at radius 3 is 2.50 bits per heavy atom. The molecule has 1 atom stereocenters. The van der Waals surface area contributed by atoms with Gasteiger partial charge in [0.1, 0.15) is 0 Å². The Morgan fingerprint density at radius 1 is 1.19 bits per heavy atom. The first-order valence-corrected chi connectivity index (χ1v) is 8.51. The fourth-order valence-corrected chi connectivity index (χ4v) is 2.45. The standard InChI is InChI=1S/C20H26N4O.HI/c1-4-14(2)16-8-10-18(11-9-16)24-20(21)23-13-15-6-5-7-17(12-15)19(25)22-3;/h5-12,14H,4,13H2,1-3H3,(H,22,25)(H3,21,23,24);1H.